The highest BCUT2D eigenvalue weighted by molar-refractivity contribution is 6.30. The van der Waals surface area contributed by atoms with Gasteiger partial charge in [0, 0.05) is 29.6 Å². The van der Waals surface area contributed by atoms with Crippen LogP contribution in [0.2, 0.25) is 5.02 Å². The van der Waals surface area contributed by atoms with Crippen LogP contribution in [0.1, 0.15) is 32.8 Å². The van der Waals surface area contributed by atoms with Gasteiger partial charge in [-0.05, 0) is 25.5 Å². The number of rotatable bonds is 9. The number of benzene rings is 1. The normalized spacial score (nSPS) is 12.5. The Hall–Kier alpha value is -0.970. The van der Waals surface area contributed by atoms with Crippen LogP contribution in [0.15, 0.2) is 12.1 Å². The Morgan fingerprint density at radius 1 is 1.29 bits per heavy atom. The Labute approximate surface area is 132 Å². The molecule has 2 N–H and O–H groups in total. The van der Waals surface area contributed by atoms with Crippen molar-refractivity contribution in [2.75, 3.05) is 20.3 Å². The molecule has 0 fully saturated rings. The molecule has 0 spiro atoms. The first-order valence-electron chi connectivity index (χ1n) is 7.32. The van der Waals surface area contributed by atoms with Crippen LogP contribution >= 0.6 is 11.6 Å². The quantitative estimate of drug-likeness (QED) is 0.734. The Kier molecular flexibility index (Phi) is 7.86. The molecule has 0 aliphatic rings. The number of methoxy groups -OCH3 is 1. The summed E-state index contributed by atoms with van der Waals surface area (Å²) in [7, 11) is 1.60. The molecule has 0 saturated heterocycles. The maximum Gasteiger partial charge on any atom is 0.165 e. The van der Waals surface area contributed by atoms with Crippen LogP contribution in [-0.2, 0) is 6.54 Å². The van der Waals surface area contributed by atoms with E-state index in [1.165, 1.54) is 0 Å². The summed E-state index contributed by atoms with van der Waals surface area (Å²) in [6.45, 7) is 8.08. The molecule has 4 nitrogen and oxygen atoms in total. The summed E-state index contributed by atoms with van der Waals surface area (Å²) < 4.78 is 11.2. The first-order chi connectivity index (χ1) is 9.93. The fraction of sp³-hybridized carbons (Fsp3) is 0.625. The molecule has 0 heterocycles. The summed E-state index contributed by atoms with van der Waals surface area (Å²) in [5.74, 6) is 1.89. The highest BCUT2D eigenvalue weighted by atomic mass is 35.5. The van der Waals surface area contributed by atoms with Gasteiger partial charge in [0.25, 0.3) is 0 Å². The Bertz CT molecular complexity index is 436. The Morgan fingerprint density at radius 3 is 2.57 bits per heavy atom. The topological polar surface area (TPSA) is 50.7 Å². The lowest BCUT2D eigenvalue weighted by atomic mass is 10.1. The molecule has 0 aliphatic carbocycles. The molecule has 1 aromatic rings. The lowest BCUT2D eigenvalue weighted by Crippen LogP contribution is -2.20. The fourth-order valence-corrected chi connectivity index (χ4v) is 2.13. The highest BCUT2D eigenvalue weighted by Crippen LogP contribution is 2.35. The van der Waals surface area contributed by atoms with Crippen LogP contribution in [0.3, 0.4) is 0 Å². The summed E-state index contributed by atoms with van der Waals surface area (Å²) in [4.78, 5) is 0. The number of hydrogen-bond acceptors (Lipinski definition) is 4. The van der Waals surface area contributed by atoms with Gasteiger partial charge in [0.05, 0.1) is 19.8 Å². The van der Waals surface area contributed by atoms with Gasteiger partial charge in [-0.2, -0.15) is 0 Å². The van der Waals surface area contributed by atoms with Crippen LogP contribution in [0.4, 0.5) is 0 Å². The average Bonchev–Trinajstić information content (AvgIpc) is 2.39. The van der Waals surface area contributed by atoms with E-state index in [-0.39, 0.29) is 6.10 Å². The van der Waals surface area contributed by atoms with Crippen molar-refractivity contribution in [3.63, 3.8) is 0 Å². The van der Waals surface area contributed by atoms with E-state index >= 15 is 0 Å². The molecule has 0 saturated carbocycles. The molecular formula is C16H26ClNO3. The second kappa shape index (κ2) is 9.13. The minimum absolute atomic E-state index is 0.384. The number of hydrogen-bond donors (Lipinski definition) is 2. The molecule has 1 rings (SSSR count). The number of nitrogens with one attached hydrogen (secondary N) is 1. The summed E-state index contributed by atoms with van der Waals surface area (Å²) in [5.41, 5.74) is 0.964. The molecule has 0 aromatic heterocycles. The van der Waals surface area contributed by atoms with Gasteiger partial charge in [0.2, 0.25) is 0 Å². The van der Waals surface area contributed by atoms with E-state index in [9.17, 15) is 5.11 Å². The second-order valence-corrected chi connectivity index (χ2v) is 6.04. The van der Waals surface area contributed by atoms with Crippen LogP contribution in [0.5, 0.6) is 11.5 Å². The first-order valence-corrected chi connectivity index (χ1v) is 7.69. The van der Waals surface area contributed by atoms with Crippen molar-refractivity contribution in [1.82, 2.24) is 5.32 Å². The van der Waals surface area contributed by atoms with Crippen molar-refractivity contribution in [2.24, 2.45) is 5.92 Å². The van der Waals surface area contributed by atoms with Crippen LogP contribution < -0.4 is 14.8 Å². The van der Waals surface area contributed by atoms with Crippen LogP contribution in [0, 0.1) is 5.92 Å². The second-order valence-electron chi connectivity index (χ2n) is 5.61. The summed E-state index contributed by atoms with van der Waals surface area (Å²) in [6, 6.07) is 3.63. The minimum atomic E-state index is -0.384. The molecule has 1 atom stereocenters. The van der Waals surface area contributed by atoms with Crippen molar-refractivity contribution in [1.29, 1.82) is 0 Å². The van der Waals surface area contributed by atoms with E-state index < -0.39 is 0 Å². The molecule has 120 valence electrons. The monoisotopic (exact) mass is 315 g/mol. The molecule has 21 heavy (non-hydrogen) atoms. The zero-order chi connectivity index (χ0) is 15.8. The van der Waals surface area contributed by atoms with Gasteiger partial charge in [-0.25, -0.2) is 0 Å². The number of aliphatic hydroxyl groups excluding tert-OH is 1. The largest absolute Gasteiger partial charge is 0.493 e. The average molecular weight is 316 g/mol. The maximum absolute atomic E-state index is 9.33. The van der Waals surface area contributed by atoms with Crippen molar-refractivity contribution in [2.45, 2.75) is 39.8 Å². The maximum atomic E-state index is 9.33. The molecule has 1 aromatic carbocycles. The van der Waals surface area contributed by atoms with Crippen molar-refractivity contribution in [3.05, 3.63) is 22.7 Å². The van der Waals surface area contributed by atoms with Gasteiger partial charge in [-0.3, -0.25) is 0 Å². The third-order valence-corrected chi connectivity index (χ3v) is 3.18. The van der Waals surface area contributed by atoms with E-state index in [0.29, 0.717) is 42.0 Å². The molecule has 0 bridgehead atoms. The predicted octanol–water partition coefficient (Wildman–Crippen LogP) is 3.24. The number of aliphatic hydroxyl groups is 1. The van der Waals surface area contributed by atoms with E-state index in [2.05, 4.69) is 19.2 Å². The predicted molar refractivity (Wildman–Crippen MR) is 86.3 cm³/mol. The molecule has 0 radical (unpaired) electrons. The first kappa shape index (κ1) is 18.1. The molecule has 5 heteroatoms. The highest BCUT2D eigenvalue weighted by Gasteiger charge is 2.13. The third-order valence-electron chi connectivity index (χ3n) is 2.97. The van der Waals surface area contributed by atoms with E-state index in [1.54, 1.807) is 20.1 Å². The summed E-state index contributed by atoms with van der Waals surface area (Å²) >= 11 is 6.12. The minimum Gasteiger partial charge on any atom is -0.493 e. The van der Waals surface area contributed by atoms with E-state index in [4.69, 9.17) is 21.1 Å². The van der Waals surface area contributed by atoms with Gasteiger partial charge >= 0.3 is 0 Å². The third kappa shape index (κ3) is 6.55. The van der Waals surface area contributed by atoms with Crippen LogP contribution in [-0.4, -0.2) is 31.5 Å². The SMILES string of the molecule is COc1cc(Cl)cc(CNCC(C)C)c1OCCC(C)O. The van der Waals surface area contributed by atoms with Crippen molar-refractivity contribution in [3.8, 4) is 11.5 Å². The van der Waals surface area contributed by atoms with Crippen molar-refractivity contribution >= 4 is 11.6 Å². The standard InChI is InChI=1S/C16H26ClNO3/c1-11(2)9-18-10-13-7-14(17)8-15(20-4)16(13)21-6-5-12(3)19/h7-8,11-12,18-19H,5-6,9-10H2,1-4H3. The number of ether oxygens (including phenoxy) is 2. The van der Waals surface area contributed by atoms with Crippen molar-refractivity contribution < 1.29 is 14.6 Å². The Morgan fingerprint density at radius 2 is 2.00 bits per heavy atom. The lowest BCUT2D eigenvalue weighted by molar-refractivity contribution is 0.153. The zero-order valence-electron chi connectivity index (χ0n) is 13.3. The lowest BCUT2D eigenvalue weighted by Gasteiger charge is -2.17. The molecular weight excluding hydrogens is 290 g/mol. The smallest absolute Gasteiger partial charge is 0.165 e. The zero-order valence-corrected chi connectivity index (χ0v) is 14.0. The molecule has 0 amide bonds. The summed E-state index contributed by atoms with van der Waals surface area (Å²) in [6.07, 6.45) is 0.191. The van der Waals surface area contributed by atoms with Gasteiger partial charge in [-0.1, -0.05) is 25.4 Å². The van der Waals surface area contributed by atoms with Gasteiger partial charge in [0.15, 0.2) is 11.5 Å². The summed E-state index contributed by atoms with van der Waals surface area (Å²) in [5, 5.41) is 13.3. The van der Waals surface area contributed by atoms with E-state index in [0.717, 1.165) is 12.1 Å². The van der Waals surface area contributed by atoms with Gasteiger partial charge in [0.1, 0.15) is 0 Å². The Balaban J connectivity index is 2.83. The van der Waals surface area contributed by atoms with Gasteiger partial charge < -0.3 is 19.9 Å². The molecule has 1 unspecified atom stereocenters. The number of halogens is 1. The van der Waals surface area contributed by atoms with Gasteiger partial charge in [-0.15, -0.1) is 0 Å². The van der Waals surface area contributed by atoms with E-state index in [1.807, 2.05) is 6.07 Å². The fourth-order valence-electron chi connectivity index (χ4n) is 1.90. The van der Waals surface area contributed by atoms with Crippen LogP contribution in [0.25, 0.3) is 0 Å². The molecule has 0 aliphatic heterocycles.